The molecule has 112 valence electrons. The van der Waals surface area contributed by atoms with Crippen molar-refractivity contribution in [3.05, 3.63) is 22.3 Å². The van der Waals surface area contributed by atoms with Gasteiger partial charge in [-0.1, -0.05) is 6.92 Å². The number of halogens is 1. The molecule has 1 aliphatic heterocycles. The number of ether oxygens (including phenoxy) is 1. The lowest BCUT2D eigenvalue weighted by Crippen LogP contribution is -2.36. The molecular formula is C15H24BrN3O. The van der Waals surface area contributed by atoms with Gasteiger partial charge in [-0.05, 0) is 47.3 Å². The molecule has 1 aromatic rings. The van der Waals surface area contributed by atoms with Gasteiger partial charge >= 0.3 is 0 Å². The third-order valence-corrected chi connectivity index (χ3v) is 4.23. The molecule has 4 nitrogen and oxygen atoms in total. The largest absolute Gasteiger partial charge is 0.384 e. The highest BCUT2D eigenvalue weighted by atomic mass is 79.9. The molecule has 0 radical (unpaired) electrons. The molecule has 0 saturated carbocycles. The van der Waals surface area contributed by atoms with E-state index in [-0.39, 0.29) is 0 Å². The van der Waals surface area contributed by atoms with Crippen LogP contribution >= 0.6 is 15.9 Å². The lowest BCUT2D eigenvalue weighted by Gasteiger charge is -2.33. The van der Waals surface area contributed by atoms with Gasteiger partial charge in [0.1, 0.15) is 5.82 Å². The number of hydrogen-bond donors (Lipinski definition) is 1. The van der Waals surface area contributed by atoms with Gasteiger partial charge in [0.2, 0.25) is 0 Å². The van der Waals surface area contributed by atoms with Gasteiger partial charge in [-0.3, -0.25) is 0 Å². The molecule has 0 atom stereocenters. The molecule has 2 heterocycles. The zero-order valence-electron chi connectivity index (χ0n) is 12.4. The molecule has 0 bridgehead atoms. The van der Waals surface area contributed by atoms with Crippen molar-refractivity contribution in [1.29, 1.82) is 0 Å². The minimum atomic E-state index is 0.698. The molecule has 0 unspecified atom stereocenters. The number of nitrogens with one attached hydrogen (secondary N) is 1. The van der Waals surface area contributed by atoms with Crippen molar-refractivity contribution in [2.45, 2.75) is 26.3 Å². The molecule has 2 rings (SSSR count). The Labute approximate surface area is 130 Å². The Hall–Kier alpha value is -0.650. The normalized spacial score (nSPS) is 16.6. The van der Waals surface area contributed by atoms with Crippen LogP contribution in [0.2, 0.25) is 0 Å². The summed E-state index contributed by atoms with van der Waals surface area (Å²) in [5.41, 5.74) is 1.27. The first-order valence-corrected chi connectivity index (χ1v) is 8.13. The molecule has 1 N–H and O–H groups in total. The maximum atomic E-state index is 5.26. The van der Waals surface area contributed by atoms with E-state index in [1.165, 1.54) is 18.4 Å². The fourth-order valence-electron chi connectivity index (χ4n) is 2.70. The van der Waals surface area contributed by atoms with Gasteiger partial charge < -0.3 is 15.0 Å². The molecule has 0 aliphatic carbocycles. The molecule has 0 aromatic carbocycles. The van der Waals surface area contributed by atoms with E-state index in [1.807, 2.05) is 6.20 Å². The molecule has 1 saturated heterocycles. The maximum absolute atomic E-state index is 5.26. The van der Waals surface area contributed by atoms with Gasteiger partial charge in [-0.25, -0.2) is 4.98 Å². The Morgan fingerprint density at radius 1 is 1.45 bits per heavy atom. The van der Waals surface area contributed by atoms with Crippen LogP contribution in [-0.4, -0.2) is 38.3 Å². The number of pyridine rings is 1. The summed E-state index contributed by atoms with van der Waals surface area (Å²) in [4.78, 5) is 7.04. The third kappa shape index (κ3) is 4.17. The first kappa shape index (κ1) is 15.7. The van der Waals surface area contributed by atoms with Gasteiger partial charge in [0.25, 0.3) is 0 Å². The highest BCUT2D eigenvalue weighted by Gasteiger charge is 2.21. The lowest BCUT2D eigenvalue weighted by atomic mass is 9.97. The smallest absolute Gasteiger partial charge is 0.133 e. The first-order valence-electron chi connectivity index (χ1n) is 7.33. The minimum absolute atomic E-state index is 0.698. The predicted molar refractivity (Wildman–Crippen MR) is 86.1 cm³/mol. The fraction of sp³-hybridized carbons (Fsp3) is 0.667. The lowest BCUT2D eigenvalue weighted by molar-refractivity contribution is 0.139. The molecule has 1 aliphatic rings. The van der Waals surface area contributed by atoms with Crippen molar-refractivity contribution in [3.8, 4) is 0 Å². The summed E-state index contributed by atoms with van der Waals surface area (Å²) in [6.45, 7) is 6.99. The summed E-state index contributed by atoms with van der Waals surface area (Å²) in [6.07, 6.45) is 4.27. The molecule has 0 amide bonds. The van der Waals surface area contributed by atoms with E-state index >= 15 is 0 Å². The fourth-order valence-corrected chi connectivity index (χ4v) is 3.07. The summed E-state index contributed by atoms with van der Waals surface area (Å²) in [5.74, 6) is 1.83. The van der Waals surface area contributed by atoms with Gasteiger partial charge in [-0.2, -0.15) is 0 Å². The Morgan fingerprint density at radius 3 is 2.85 bits per heavy atom. The average Bonchev–Trinajstić information content (AvgIpc) is 2.47. The Bertz CT molecular complexity index is 420. The van der Waals surface area contributed by atoms with Gasteiger partial charge in [0.05, 0.1) is 0 Å². The van der Waals surface area contributed by atoms with Crippen LogP contribution < -0.4 is 10.2 Å². The maximum Gasteiger partial charge on any atom is 0.133 e. The number of hydrogen-bond acceptors (Lipinski definition) is 4. The first-order chi connectivity index (χ1) is 9.74. The summed E-state index contributed by atoms with van der Waals surface area (Å²) in [7, 11) is 1.79. The van der Waals surface area contributed by atoms with E-state index in [0.29, 0.717) is 5.92 Å². The Balaban J connectivity index is 2.04. The molecule has 20 heavy (non-hydrogen) atoms. The van der Waals surface area contributed by atoms with Crippen LogP contribution in [0.25, 0.3) is 0 Å². The summed E-state index contributed by atoms with van der Waals surface area (Å²) in [5, 5.41) is 3.39. The van der Waals surface area contributed by atoms with Gasteiger partial charge in [0, 0.05) is 49.6 Å². The van der Waals surface area contributed by atoms with Crippen molar-refractivity contribution in [2.75, 3.05) is 38.3 Å². The van der Waals surface area contributed by atoms with E-state index in [0.717, 1.165) is 43.1 Å². The van der Waals surface area contributed by atoms with Gasteiger partial charge in [-0.15, -0.1) is 0 Å². The monoisotopic (exact) mass is 341 g/mol. The zero-order valence-corrected chi connectivity index (χ0v) is 13.9. The number of rotatable bonds is 6. The Morgan fingerprint density at radius 2 is 2.20 bits per heavy atom. The van der Waals surface area contributed by atoms with Crippen molar-refractivity contribution in [1.82, 2.24) is 10.3 Å². The summed E-state index contributed by atoms with van der Waals surface area (Å²) in [6, 6.07) is 2.17. The second-order valence-electron chi connectivity index (χ2n) is 5.30. The number of anilines is 1. The number of nitrogens with zero attached hydrogens (tertiary/aromatic N) is 2. The van der Waals surface area contributed by atoms with Crippen LogP contribution in [0.3, 0.4) is 0 Å². The quantitative estimate of drug-likeness (QED) is 0.863. The SMILES string of the molecule is CCNCc1cc(Br)cnc1N1CCC(COC)CC1. The predicted octanol–water partition coefficient (Wildman–Crippen LogP) is 2.82. The molecule has 0 spiro atoms. The number of piperidine rings is 1. The van der Waals surface area contributed by atoms with Crippen LogP contribution in [0.1, 0.15) is 25.3 Å². The van der Waals surface area contributed by atoms with E-state index in [9.17, 15) is 0 Å². The third-order valence-electron chi connectivity index (χ3n) is 3.79. The number of methoxy groups -OCH3 is 1. The number of aromatic nitrogens is 1. The van der Waals surface area contributed by atoms with Crippen molar-refractivity contribution >= 4 is 21.7 Å². The summed E-state index contributed by atoms with van der Waals surface area (Å²) < 4.78 is 6.31. The van der Waals surface area contributed by atoms with Gasteiger partial charge in [0.15, 0.2) is 0 Å². The average molecular weight is 342 g/mol. The van der Waals surface area contributed by atoms with Crippen LogP contribution in [-0.2, 0) is 11.3 Å². The van der Waals surface area contributed by atoms with Crippen LogP contribution in [0.5, 0.6) is 0 Å². The summed E-state index contributed by atoms with van der Waals surface area (Å²) >= 11 is 3.52. The molecular weight excluding hydrogens is 318 g/mol. The molecule has 1 aromatic heterocycles. The zero-order chi connectivity index (χ0) is 14.4. The van der Waals surface area contributed by atoms with Crippen molar-refractivity contribution in [3.63, 3.8) is 0 Å². The Kier molecular flexibility index (Phi) is 6.26. The molecule has 1 fully saturated rings. The van der Waals surface area contributed by atoms with E-state index in [2.05, 4.69) is 44.1 Å². The topological polar surface area (TPSA) is 37.4 Å². The second kappa shape index (κ2) is 7.96. The highest BCUT2D eigenvalue weighted by molar-refractivity contribution is 9.10. The van der Waals surface area contributed by atoms with E-state index < -0.39 is 0 Å². The van der Waals surface area contributed by atoms with Crippen LogP contribution in [0.4, 0.5) is 5.82 Å². The van der Waals surface area contributed by atoms with Crippen LogP contribution in [0, 0.1) is 5.92 Å². The highest BCUT2D eigenvalue weighted by Crippen LogP contribution is 2.26. The van der Waals surface area contributed by atoms with Crippen molar-refractivity contribution < 1.29 is 4.74 Å². The minimum Gasteiger partial charge on any atom is -0.384 e. The van der Waals surface area contributed by atoms with Crippen molar-refractivity contribution in [2.24, 2.45) is 5.92 Å². The standard InChI is InChI=1S/C15H24BrN3O/c1-3-17-9-13-8-14(16)10-18-15(13)19-6-4-12(5-7-19)11-20-2/h8,10,12,17H,3-7,9,11H2,1-2H3. The molecule has 5 heteroatoms. The van der Waals surface area contributed by atoms with E-state index in [1.54, 1.807) is 7.11 Å². The second-order valence-corrected chi connectivity index (χ2v) is 6.22. The van der Waals surface area contributed by atoms with E-state index in [4.69, 9.17) is 4.74 Å². The van der Waals surface area contributed by atoms with Crippen LogP contribution in [0.15, 0.2) is 16.7 Å².